The highest BCUT2D eigenvalue weighted by atomic mass is 32.1. The highest BCUT2D eigenvalue weighted by Crippen LogP contribution is 2.16. The van der Waals surface area contributed by atoms with E-state index in [1.165, 1.54) is 11.3 Å². The number of ether oxygens (including phenoxy) is 1. The number of carbonyl (C=O) groups excluding carboxylic acids is 2. The summed E-state index contributed by atoms with van der Waals surface area (Å²) in [5.74, 6) is -0.0867. The fraction of sp³-hybridized carbons (Fsp3) is 0.143. The Kier molecular flexibility index (Phi) is 4.91. The minimum Gasteiger partial charge on any atom is -0.497 e. The Morgan fingerprint density at radius 3 is 2.48 bits per heavy atom. The van der Waals surface area contributed by atoms with E-state index in [0.717, 1.165) is 4.88 Å². The molecule has 0 fully saturated rings. The Morgan fingerprint density at radius 1 is 1.14 bits per heavy atom. The van der Waals surface area contributed by atoms with Crippen LogP contribution in [0.2, 0.25) is 0 Å². The maximum absolute atomic E-state index is 11.9. The molecule has 1 heterocycles. The lowest BCUT2D eigenvalue weighted by atomic mass is 10.2. The van der Waals surface area contributed by atoms with E-state index in [1.54, 1.807) is 49.0 Å². The first-order valence-corrected chi connectivity index (χ1v) is 6.91. The van der Waals surface area contributed by atoms with Crippen molar-refractivity contribution >= 4 is 23.2 Å². The van der Waals surface area contributed by atoms with Crippen molar-refractivity contribution in [2.45, 2.75) is 6.54 Å². The predicted molar refractivity (Wildman–Crippen MR) is 77.7 cm³/mol. The van der Waals surface area contributed by atoms with Crippen molar-refractivity contribution in [3.05, 3.63) is 51.7 Å². The van der Waals surface area contributed by atoms with Crippen LogP contribution >= 0.6 is 11.3 Å². The molecule has 0 saturated carbocycles. The van der Waals surface area contributed by atoms with Crippen molar-refractivity contribution < 1.29 is 19.5 Å². The number of nitrogens with one attached hydrogen (secondary N) is 2. The first-order valence-electron chi connectivity index (χ1n) is 6.09. The van der Waals surface area contributed by atoms with Gasteiger partial charge in [-0.25, -0.2) is 5.48 Å². The Hall–Kier alpha value is -2.38. The minimum atomic E-state index is -0.562. The molecule has 0 bridgehead atoms. The Labute approximate surface area is 125 Å². The van der Waals surface area contributed by atoms with Crippen LogP contribution in [0.4, 0.5) is 0 Å². The predicted octanol–water partition coefficient (Wildman–Crippen LogP) is 1.81. The van der Waals surface area contributed by atoms with E-state index in [2.05, 4.69) is 5.32 Å². The van der Waals surface area contributed by atoms with Crippen LogP contribution in [-0.4, -0.2) is 24.1 Å². The molecule has 110 valence electrons. The number of hydrogen-bond donors (Lipinski definition) is 3. The van der Waals surface area contributed by atoms with Gasteiger partial charge >= 0.3 is 0 Å². The summed E-state index contributed by atoms with van der Waals surface area (Å²) in [4.78, 5) is 24.3. The van der Waals surface area contributed by atoms with Crippen LogP contribution in [0.1, 0.15) is 24.9 Å². The second kappa shape index (κ2) is 6.87. The van der Waals surface area contributed by atoms with Crippen LogP contribution in [0.5, 0.6) is 5.75 Å². The number of amides is 2. The van der Waals surface area contributed by atoms with Gasteiger partial charge in [-0.05, 0) is 36.4 Å². The molecule has 7 heteroatoms. The van der Waals surface area contributed by atoms with Crippen LogP contribution in [0.15, 0.2) is 36.4 Å². The quantitative estimate of drug-likeness (QED) is 0.580. The lowest BCUT2D eigenvalue weighted by Gasteiger charge is -2.04. The van der Waals surface area contributed by atoms with Gasteiger partial charge in [0.05, 0.1) is 18.5 Å². The molecule has 0 atom stereocenters. The number of rotatable bonds is 5. The molecule has 2 aromatic rings. The molecular weight excluding hydrogens is 292 g/mol. The lowest BCUT2D eigenvalue weighted by Crippen LogP contribution is -2.22. The van der Waals surface area contributed by atoms with Crippen LogP contribution in [0, 0.1) is 0 Å². The molecular formula is C14H14N2O4S. The van der Waals surface area contributed by atoms with Crippen LogP contribution in [0.25, 0.3) is 0 Å². The van der Waals surface area contributed by atoms with Crippen LogP contribution < -0.4 is 15.5 Å². The third-order valence-corrected chi connectivity index (χ3v) is 3.85. The Morgan fingerprint density at radius 2 is 1.86 bits per heavy atom. The topological polar surface area (TPSA) is 87.7 Å². The summed E-state index contributed by atoms with van der Waals surface area (Å²) in [6, 6.07) is 10.1. The number of benzene rings is 1. The van der Waals surface area contributed by atoms with Gasteiger partial charge in [0.1, 0.15) is 5.75 Å². The zero-order valence-electron chi connectivity index (χ0n) is 11.3. The maximum atomic E-state index is 11.9. The Bertz CT molecular complexity index is 637. The summed E-state index contributed by atoms with van der Waals surface area (Å²) in [6.45, 7) is 0.314. The number of carbonyl (C=O) groups is 2. The van der Waals surface area contributed by atoms with Gasteiger partial charge in [0, 0.05) is 10.4 Å². The molecule has 0 saturated heterocycles. The van der Waals surface area contributed by atoms with E-state index in [-0.39, 0.29) is 5.91 Å². The summed E-state index contributed by atoms with van der Waals surface area (Å²) in [7, 11) is 1.56. The molecule has 1 aromatic heterocycles. The summed E-state index contributed by atoms with van der Waals surface area (Å²) in [5.41, 5.74) is 2.10. The molecule has 1 aromatic carbocycles. The van der Waals surface area contributed by atoms with Gasteiger partial charge in [0.2, 0.25) is 0 Å². The average Bonchev–Trinajstić information content (AvgIpc) is 3.01. The SMILES string of the molecule is COc1ccc(C(=O)NCc2ccc(C(=O)NO)s2)cc1. The third-order valence-electron chi connectivity index (χ3n) is 2.76. The first-order chi connectivity index (χ1) is 10.1. The van der Waals surface area contributed by atoms with E-state index in [9.17, 15) is 9.59 Å². The smallest absolute Gasteiger partial charge is 0.284 e. The van der Waals surface area contributed by atoms with E-state index >= 15 is 0 Å². The lowest BCUT2D eigenvalue weighted by molar-refractivity contribution is 0.0711. The highest BCUT2D eigenvalue weighted by Gasteiger charge is 2.10. The van der Waals surface area contributed by atoms with E-state index in [0.29, 0.717) is 22.7 Å². The molecule has 0 aliphatic carbocycles. The van der Waals surface area contributed by atoms with E-state index in [1.807, 2.05) is 0 Å². The maximum Gasteiger partial charge on any atom is 0.284 e. The van der Waals surface area contributed by atoms with Crippen molar-refractivity contribution in [3.8, 4) is 5.75 Å². The summed E-state index contributed by atoms with van der Waals surface area (Å²) < 4.78 is 5.03. The summed E-state index contributed by atoms with van der Waals surface area (Å²) >= 11 is 1.20. The number of methoxy groups -OCH3 is 1. The van der Waals surface area contributed by atoms with Gasteiger partial charge in [-0.15, -0.1) is 11.3 Å². The van der Waals surface area contributed by atoms with Crippen molar-refractivity contribution in [2.24, 2.45) is 0 Å². The van der Waals surface area contributed by atoms with Crippen molar-refractivity contribution in [1.82, 2.24) is 10.8 Å². The van der Waals surface area contributed by atoms with Gasteiger partial charge in [0.25, 0.3) is 11.8 Å². The second-order valence-electron chi connectivity index (χ2n) is 4.12. The molecule has 21 heavy (non-hydrogen) atoms. The highest BCUT2D eigenvalue weighted by molar-refractivity contribution is 7.14. The number of hydroxylamine groups is 1. The van der Waals surface area contributed by atoms with Gasteiger partial charge in [0.15, 0.2) is 0 Å². The molecule has 2 amide bonds. The average molecular weight is 306 g/mol. The number of hydrogen-bond acceptors (Lipinski definition) is 5. The van der Waals surface area contributed by atoms with E-state index < -0.39 is 5.91 Å². The largest absolute Gasteiger partial charge is 0.497 e. The normalized spacial score (nSPS) is 10.0. The molecule has 0 aliphatic rings. The van der Waals surface area contributed by atoms with Crippen molar-refractivity contribution in [1.29, 1.82) is 0 Å². The summed E-state index contributed by atoms with van der Waals surface area (Å²) in [5, 5.41) is 11.3. The minimum absolute atomic E-state index is 0.209. The first kappa shape index (κ1) is 15.0. The third kappa shape index (κ3) is 3.80. The molecule has 0 aliphatic heterocycles. The monoisotopic (exact) mass is 306 g/mol. The van der Waals surface area contributed by atoms with Gasteiger partial charge in [-0.3, -0.25) is 14.8 Å². The van der Waals surface area contributed by atoms with Crippen LogP contribution in [0.3, 0.4) is 0 Å². The molecule has 6 nitrogen and oxygen atoms in total. The van der Waals surface area contributed by atoms with Crippen LogP contribution in [-0.2, 0) is 6.54 Å². The molecule has 2 rings (SSSR count). The Balaban J connectivity index is 1.94. The fourth-order valence-corrected chi connectivity index (χ4v) is 2.50. The van der Waals surface area contributed by atoms with Gasteiger partial charge in [-0.2, -0.15) is 0 Å². The van der Waals surface area contributed by atoms with Crippen molar-refractivity contribution in [2.75, 3.05) is 7.11 Å². The fourth-order valence-electron chi connectivity index (χ4n) is 1.66. The van der Waals surface area contributed by atoms with E-state index in [4.69, 9.17) is 9.94 Å². The second-order valence-corrected chi connectivity index (χ2v) is 5.29. The van der Waals surface area contributed by atoms with Crippen molar-refractivity contribution in [3.63, 3.8) is 0 Å². The van der Waals surface area contributed by atoms with Gasteiger partial charge < -0.3 is 10.1 Å². The summed E-state index contributed by atoms with van der Waals surface area (Å²) in [6.07, 6.45) is 0. The standard InChI is InChI=1S/C14H14N2O4S/c1-20-10-4-2-9(3-5-10)13(17)15-8-11-6-7-12(21-11)14(18)16-19/h2-7,19H,8H2,1H3,(H,15,17)(H,16,18). The number of thiophene rings is 1. The zero-order chi connectivity index (χ0) is 15.2. The molecule has 0 spiro atoms. The molecule has 0 radical (unpaired) electrons. The zero-order valence-corrected chi connectivity index (χ0v) is 12.1. The molecule has 0 unspecified atom stereocenters. The molecule has 3 N–H and O–H groups in total. The van der Waals surface area contributed by atoms with Gasteiger partial charge in [-0.1, -0.05) is 0 Å².